The van der Waals surface area contributed by atoms with Gasteiger partial charge in [0.1, 0.15) is 0 Å². The number of aromatic nitrogens is 3. The first-order chi connectivity index (χ1) is 12.4. The van der Waals surface area contributed by atoms with E-state index in [4.69, 9.17) is 10.2 Å². The summed E-state index contributed by atoms with van der Waals surface area (Å²) in [5.74, 6) is 1.22. The van der Waals surface area contributed by atoms with E-state index in [0.29, 0.717) is 52.2 Å². The average molecular weight is 416 g/mol. The maximum Gasteiger partial charge on any atom is 0.255 e. The summed E-state index contributed by atoms with van der Waals surface area (Å²) in [5, 5.41) is 4.40. The highest BCUT2D eigenvalue weighted by molar-refractivity contribution is 9.10. The number of furan rings is 1. The molecule has 0 aliphatic carbocycles. The van der Waals surface area contributed by atoms with Crippen molar-refractivity contribution in [3.05, 3.63) is 46.3 Å². The monoisotopic (exact) mass is 415 g/mol. The van der Waals surface area contributed by atoms with Crippen LogP contribution in [0.15, 0.2) is 45.1 Å². The van der Waals surface area contributed by atoms with Crippen molar-refractivity contribution >= 4 is 33.2 Å². The van der Waals surface area contributed by atoms with Crippen LogP contribution < -0.4 is 5.73 Å². The van der Waals surface area contributed by atoms with Gasteiger partial charge in [-0.2, -0.15) is 0 Å². The second kappa shape index (κ2) is 6.28. The number of nitrogens with two attached hydrogens (primary N) is 1. The fraction of sp³-hybridized carbons (Fsp3) is 0.278. The summed E-state index contributed by atoms with van der Waals surface area (Å²) in [6.45, 7) is 5.46. The molecule has 3 aromatic rings. The van der Waals surface area contributed by atoms with Crippen molar-refractivity contribution in [3.63, 3.8) is 0 Å². The van der Waals surface area contributed by atoms with Crippen LogP contribution in [-0.4, -0.2) is 38.5 Å². The van der Waals surface area contributed by atoms with E-state index in [9.17, 15) is 4.79 Å². The van der Waals surface area contributed by atoms with Crippen LogP contribution >= 0.6 is 15.9 Å². The van der Waals surface area contributed by atoms with Gasteiger partial charge in [0.05, 0.1) is 11.3 Å². The summed E-state index contributed by atoms with van der Waals surface area (Å²) in [7, 11) is 0. The highest BCUT2D eigenvalue weighted by atomic mass is 79.9. The Hall–Kier alpha value is -2.61. The van der Waals surface area contributed by atoms with Gasteiger partial charge in [0, 0.05) is 19.3 Å². The van der Waals surface area contributed by atoms with E-state index in [0.717, 1.165) is 0 Å². The Morgan fingerprint density at radius 2 is 2.23 bits per heavy atom. The summed E-state index contributed by atoms with van der Waals surface area (Å²) in [5.41, 5.74) is 8.71. The normalized spacial score (nSPS) is 17.6. The van der Waals surface area contributed by atoms with E-state index in [1.54, 1.807) is 24.4 Å². The van der Waals surface area contributed by atoms with E-state index in [-0.39, 0.29) is 5.91 Å². The van der Waals surface area contributed by atoms with Crippen molar-refractivity contribution in [2.45, 2.75) is 13.8 Å². The molecule has 8 heteroatoms. The molecule has 2 N–H and O–H groups in total. The van der Waals surface area contributed by atoms with Crippen LogP contribution in [0.25, 0.3) is 17.2 Å². The molecule has 0 saturated heterocycles. The molecule has 1 atom stereocenters. The quantitative estimate of drug-likeness (QED) is 0.647. The van der Waals surface area contributed by atoms with Gasteiger partial charge in [0.25, 0.3) is 5.91 Å². The predicted molar refractivity (Wildman–Crippen MR) is 102 cm³/mol. The molecule has 7 nitrogen and oxygen atoms in total. The molecule has 4 heterocycles. The topological polar surface area (TPSA) is 89.7 Å². The number of hydrogen-bond acceptors (Lipinski definition) is 5. The third-order valence-corrected chi connectivity index (χ3v) is 4.73. The molecule has 3 aromatic heterocycles. The molecule has 1 aliphatic heterocycles. The van der Waals surface area contributed by atoms with E-state index >= 15 is 0 Å². The number of rotatable bonds is 2. The molecule has 0 bridgehead atoms. The fourth-order valence-corrected chi connectivity index (χ4v) is 3.62. The number of pyridine rings is 1. The minimum absolute atomic E-state index is 0.0595. The summed E-state index contributed by atoms with van der Waals surface area (Å²) in [4.78, 5) is 19.2. The Morgan fingerprint density at radius 3 is 2.92 bits per heavy atom. The molecule has 134 valence electrons. The molecule has 1 amide bonds. The van der Waals surface area contributed by atoms with Crippen LogP contribution in [0.4, 0.5) is 5.69 Å². The predicted octanol–water partition coefficient (Wildman–Crippen LogP) is 3.37. The first-order valence-corrected chi connectivity index (χ1v) is 9.08. The Bertz CT molecular complexity index is 1040. The lowest BCUT2D eigenvalue weighted by molar-refractivity contribution is 0.0746. The number of nitrogens with zero attached hydrogens (tertiary/aromatic N) is 4. The molecular weight excluding hydrogens is 398 g/mol. The molecular formula is C18H18BrN5O2. The zero-order chi connectivity index (χ0) is 18.4. The lowest BCUT2D eigenvalue weighted by Gasteiger charge is -2.29. The van der Waals surface area contributed by atoms with Crippen molar-refractivity contribution in [1.82, 2.24) is 19.5 Å². The zero-order valence-electron chi connectivity index (χ0n) is 14.4. The summed E-state index contributed by atoms with van der Waals surface area (Å²) in [6, 6.07) is 5.20. The number of anilines is 1. The van der Waals surface area contributed by atoms with Gasteiger partial charge in [0.15, 0.2) is 16.1 Å². The van der Waals surface area contributed by atoms with Gasteiger partial charge in [-0.1, -0.05) is 18.6 Å². The Balaban J connectivity index is 1.70. The van der Waals surface area contributed by atoms with Crippen molar-refractivity contribution in [3.8, 4) is 11.6 Å². The van der Waals surface area contributed by atoms with Crippen LogP contribution in [0.1, 0.15) is 24.2 Å². The Morgan fingerprint density at radius 1 is 1.42 bits per heavy atom. The minimum Gasteiger partial charge on any atom is -0.446 e. The van der Waals surface area contributed by atoms with Crippen molar-refractivity contribution in [2.24, 2.45) is 5.92 Å². The summed E-state index contributed by atoms with van der Waals surface area (Å²) < 4.78 is 7.62. The number of halogens is 1. The molecule has 0 saturated carbocycles. The van der Waals surface area contributed by atoms with E-state index in [1.807, 2.05) is 11.8 Å². The second-order valence-electron chi connectivity index (χ2n) is 6.67. The molecule has 0 radical (unpaired) electrons. The summed E-state index contributed by atoms with van der Waals surface area (Å²) >= 11 is 3.26. The molecule has 0 spiro atoms. The van der Waals surface area contributed by atoms with E-state index in [1.165, 1.54) is 10.1 Å². The van der Waals surface area contributed by atoms with Gasteiger partial charge in [-0.25, -0.2) is 9.50 Å². The molecule has 0 aromatic carbocycles. The smallest absolute Gasteiger partial charge is 0.255 e. The third kappa shape index (κ3) is 3.01. The number of amides is 1. The maximum atomic E-state index is 12.9. The highest BCUT2D eigenvalue weighted by Gasteiger charge is 2.23. The maximum absolute atomic E-state index is 12.9. The largest absolute Gasteiger partial charge is 0.446 e. The van der Waals surface area contributed by atoms with Crippen LogP contribution in [0.3, 0.4) is 0 Å². The lowest BCUT2D eigenvalue weighted by atomic mass is 10.0. The zero-order valence-corrected chi connectivity index (χ0v) is 16.0. The number of hydrogen-bond donors (Lipinski definition) is 1. The van der Waals surface area contributed by atoms with Gasteiger partial charge in [-0.15, -0.1) is 5.10 Å². The minimum atomic E-state index is -0.0595. The van der Waals surface area contributed by atoms with Crippen LogP contribution in [0, 0.1) is 5.92 Å². The van der Waals surface area contributed by atoms with Crippen LogP contribution in [0.2, 0.25) is 0 Å². The SMILES string of the molecule is CC1=CC(C)CN(C(=O)c2cc(N)c3nc(-c4ccc(Br)o4)nn3c2)C1. The molecule has 1 aliphatic rings. The standard InChI is InChI=1S/C18H18BrN5O2/c1-10-5-11(2)8-23(7-10)18(25)12-6-13(20)17-21-16(22-24(17)9-12)14-3-4-15(19)26-14/h3-6,9-10H,7-8,20H2,1-2H3. The third-order valence-electron chi connectivity index (χ3n) is 4.31. The molecule has 0 fully saturated rings. The van der Waals surface area contributed by atoms with Crippen LogP contribution in [0.5, 0.6) is 0 Å². The Labute approximate surface area is 158 Å². The van der Waals surface area contributed by atoms with Crippen LogP contribution in [-0.2, 0) is 0 Å². The number of fused-ring (bicyclic) bond motifs is 1. The van der Waals surface area contributed by atoms with Gasteiger partial charge >= 0.3 is 0 Å². The lowest BCUT2D eigenvalue weighted by Crippen LogP contribution is -2.38. The molecule has 4 rings (SSSR count). The van der Waals surface area contributed by atoms with Gasteiger partial charge in [-0.3, -0.25) is 4.79 Å². The first kappa shape index (κ1) is 16.8. The van der Waals surface area contributed by atoms with Gasteiger partial charge in [-0.05, 0) is 47.0 Å². The van der Waals surface area contributed by atoms with Gasteiger partial charge < -0.3 is 15.1 Å². The highest BCUT2D eigenvalue weighted by Crippen LogP contribution is 2.25. The van der Waals surface area contributed by atoms with Crippen molar-refractivity contribution < 1.29 is 9.21 Å². The van der Waals surface area contributed by atoms with Crippen molar-refractivity contribution in [2.75, 3.05) is 18.8 Å². The summed E-state index contributed by atoms with van der Waals surface area (Å²) in [6.07, 6.45) is 3.87. The Kier molecular flexibility index (Phi) is 4.07. The number of nitrogen functional groups attached to an aromatic ring is 1. The van der Waals surface area contributed by atoms with Gasteiger partial charge in [0.2, 0.25) is 5.82 Å². The van der Waals surface area contributed by atoms with E-state index < -0.39 is 0 Å². The number of carbonyl (C=O) groups excluding carboxylic acids is 1. The number of carbonyl (C=O) groups is 1. The van der Waals surface area contributed by atoms with E-state index in [2.05, 4.69) is 39.0 Å². The fourth-order valence-electron chi connectivity index (χ4n) is 3.31. The molecule has 26 heavy (non-hydrogen) atoms. The van der Waals surface area contributed by atoms with Crippen molar-refractivity contribution in [1.29, 1.82) is 0 Å². The first-order valence-electron chi connectivity index (χ1n) is 8.29. The molecule has 1 unspecified atom stereocenters. The second-order valence-corrected chi connectivity index (χ2v) is 7.45. The average Bonchev–Trinajstić information content (AvgIpc) is 3.19.